The summed E-state index contributed by atoms with van der Waals surface area (Å²) < 4.78 is 0. The van der Waals surface area contributed by atoms with Crippen LogP contribution in [0.4, 0.5) is 5.69 Å². The zero-order valence-electron chi connectivity index (χ0n) is 16.5. The van der Waals surface area contributed by atoms with Gasteiger partial charge in [-0.2, -0.15) is 0 Å². The molecule has 0 aliphatic carbocycles. The minimum atomic E-state index is 0. The number of nitrogens with zero attached hydrogens (tertiary/aromatic N) is 1. The van der Waals surface area contributed by atoms with Crippen LogP contribution in [0.15, 0.2) is 60.7 Å². The van der Waals surface area contributed by atoms with Crippen molar-refractivity contribution < 1.29 is 22.1 Å². The molecule has 0 aromatic heterocycles. The van der Waals surface area contributed by atoms with Crippen LogP contribution < -0.4 is 22.6 Å². The van der Waals surface area contributed by atoms with Gasteiger partial charge in [0.15, 0.2) is 0 Å². The summed E-state index contributed by atoms with van der Waals surface area (Å²) in [7, 11) is 0. The number of anilines is 1. The number of benzene rings is 2. The van der Waals surface area contributed by atoms with Gasteiger partial charge in [0.2, 0.25) is 5.91 Å². The van der Waals surface area contributed by atoms with Crippen molar-refractivity contribution in [2.75, 3.05) is 44.6 Å². The second kappa shape index (κ2) is 11.6. The van der Waals surface area contributed by atoms with E-state index in [9.17, 15) is 4.79 Å². The topological polar surface area (TPSA) is 36.8 Å². The van der Waals surface area contributed by atoms with Crippen molar-refractivity contribution in [2.24, 2.45) is 0 Å². The van der Waals surface area contributed by atoms with E-state index in [4.69, 9.17) is 0 Å². The molecule has 0 unspecified atom stereocenters. The number of quaternary nitrogens is 1. The van der Waals surface area contributed by atoms with Gasteiger partial charge >= 0.3 is 0 Å². The molecular weight excluding hydrogens is 370 g/mol. The number of aryl methyl sites for hydroxylation is 1. The van der Waals surface area contributed by atoms with Gasteiger partial charge < -0.3 is 22.6 Å². The molecule has 0 atom stereocenters. The lowest BCUT2D eigenvalue weighted by atomic mass is 10.2. The normalized spacial score (nSPS) is 15.3. The number of carbonyl (C=O) groups excluding carboxylic acids is 1. The van der Waals surface area contributed by atoms with Gasteiger partial charge in [-0.15, -0.1) is 0 Å². The summed E-state index contributed by atoms with van der Waals surface area (Å²) in [6.07, 6.45) is 5.03. The Kier molecular flexibility index (Phi) is 9.21. The van der Waals surface area contributed by atoms with Gasteiger partial charge in [-0.3, -0.25) is 9.69 Å². The Bertz CT molecular complexity index is 738. The summed E-state index contributed by atoms with van der Waals surface area (Å²) in [6.45, 7) is 8.35. The third-order valence-electron chi connectivity index (χ3n) is 5.07. The molecule has 0 spiro atoms. The third kappa shape index (κ3) is 7.47. The molecule has 1 heterocycles. The van der Waals surface area contributed by atoms with Crippen LogP contribution in [0, 0.1) is 6.92 Å². The molecule has 150 valence electrons. The number of piperazine rings is 1. The number of hydrogen-bond donors (Lipinski definition) is 2. The standard InChI is InChI=1S/C23H29N3O.ClH/c1-20-9-11-22(12-10-20)24-23(27)13-15-26-18-16-25(17-19-26)14-5-8-21-6-3-2-4-7-21;/h2-12H,13-19H2,1H3,(H,24,27);1H. The first-order valence-electron chi connectivity index (χ1n) is 9.83. The van der Waals surface area contributed by atoms with Gasteiger partial charge in [-0.1, -0.05) is 54.1 Å². The van der Waals surface area contributed by atoms with E-state index in [0.717, 1.165) is 45.0 Å². The van der Waals surface area contributed by atoms with E-state index >= 15 is 0 Å². The lowest BCUT2D eigenvalue weighted by Gasteiger charge is -2.31. The molecule has 1 aliphatic heterocycles. The van der Waals surface area contributed by atoms with Gasteiger partial charge in [0.1, 0.15) is 0 Å². The van der Waals surface area contributed by atoms with Crippen LogP contribution in [0.25, 0.3) is 6.08 Å². The maximum Gasteiger partial charge on any atom is 0.225 e. The van der Waals surface area contributed by atoms with Crippen molar-refractivity contribution in [2.45, 2.75) is 13.3 Å². The zero-order chi connectivity index (χ0) is 18.9. The molecular formula is C23H30ClN3O. The fraction of sp³-hybridized carbons (Fsp3) is 0.348. The van der Waals surface area contributed by atoms with Crippen LogP contribution >= 0.6 is 0 Å². The largest absolute Gasteiger partial charge is 1.00 e. The Balaban J connectivity index is 0.00000280. The van der Waals surface area contributed by atoms with Gasteiger partial charge in [0.25, 0.3) is 0 Å². The summed E-state index contributed by atoms with van der Waals surface area (Å²) in [5, 5.41) is 2.98. The van der Waals surface area contributed by atoms with Gasteiger partial charge in [-0.05, 0) is 30.7 Å². The maximum atomic E-state index is 12.1. The minimum absolute atomic E-state index is 0. The fourth-order valence-electron chi connectivity index (χ4n) is 3.34. The lowest BCUT2D eigenvalue weighted by Crippen LogP contribution is -3.14. The van der Waals surface area contributed by atoms with E-state index in [1.165, 1.54) is 11.1 Å². The molecule has 1 amide bonds. The predicted molar refractivity (Wildman–Crippen MR) is 112 cm³/mol. The first kappa shape index (κ1) is 22.2. The fourth-order valence-corrected chi connectivity index (χ4v) is 3.34. The number of rotatable bonds is 7. The first-order chi connectivity index (χ1) is 13.2. The predicted octanol–water partition coefficient (Wildman–Crippen LogP) is -0.758. The second-order valence-corrected chi connectivity index (χ2v) is 7.27. The van der Waals surface area contributed by atoms with E-state index < -0.39 is 0 Å². The van der Waals surface area contributed by atoms with Crippen LogP contribution in [-0.4, -0.2) is 50.1 Å². The monoisotopic (exact) mass is 399 g/mol. The molecule has 0 bridgehead atoms. The van der Waals surface area contributed by atoms with Crippen molar-refractivity contribution in [3.63, 3.8) is 0 Å². The van der Waals surface area contributed by atoms with E-state index in [0.29, 0.717) is 6.42 Å². The molecule has 2 N–H and O–H groups in total. The Labute approximate surface area is 174 Å². The Hall–Kier alpha value is -2.14. The minimum Gasteiger partial charge on any atom is -1.00 e. The van der Waals surface area contributed by atoms with Crippen molar-refractivity contribution in [3.8, 4) is 0 Å². The first-order valence-corrected chi connectivity index (χ1v) is 9.83. The van der Waals surface area contributed by atoms with E-state index in [1.807, 2.05) is 37.3 Å². The number of carbonyl (C=O) groups is 1. The van der Waals surface area contributed by atoms with Crippen LogP contribution in [0.2, 0.25) is 0 Å². The molecule has 2 aromatic carbocycles. The SMILES string of the molecule is Cc1ccc(NC(=O)CCN2CC[NH+](CC=Cc3ccccc3)CC2)cc1.[Cl-]. The number of hydrogen-bond acceptors (Lipinski definition) is 2. The highest BCUT2D eigenvalue weighted by atomic mass is 35.5. The van der Waals surface area contributed by atoms with Gasteiger partial charge in [0.05, 0.1) is 19.6 Å². The summed E-state index contributed by atoms with van der Waals surface area (Å²) in [5.74, 6) is 0.0967. The molecule has 1 aliphatic rings. The third-order valence-corrected chi connectivity index (χ3v) is 5.07. The van der Waals surface area contributed by atoms with Crippen molar-refractivity contribution in [3.05, 3.63) is 71.8 Å². The molecule has 0 radical (unpaired) electrons. The highest BCUT2D eigenvalue weighted by Crippen LogP contribution is 2.09. The summed E-state index contributed by atoms with van der Waals surface area (Å²) >= 11 is 0. The Morgan fingerprint density at radius 2 is 1.75 bits per heavy atom. The maximum absolute atomic E-state index is 12.1. The van der Waals surface area contributed by atoms with Crippen LogP contribution in [-0.2, 0) is 4.79 Å². The van der Waals surface area contributed by atoms with E-state index in [2.05, 4.69) is 46.6 Å². The van der Waals surface area contributed by atoms with Crippen molar-refractivity contribution in [1.82, 2.24) is 4.90 Å². The molecule has 1 saturated heterocycles. The average Bonchev–Trinajstić information content (AvgIpc) is 2.70. The molecule has 1 fully saturated rings. The molecule has 5 heteroatoms. The quantitative estimate of drug-likeness (QED) is 0.642. The second-order valence-electron chi connectivity index (χ2n) is 7.27. The van der Waals surface area contributed by atoms with Crippen LogP contribution in [0.1, 0.15) is 17.5 Å². The van der Waals surface area contributed by atoms with Crippen LogP contribution in [0.3, 0.4) is 0 Å². The van der Waals surface area contributed by atoms with Gasteiger partial charge in [-0.25, -0.2) is 0 Å². The summed E-state index contributed by atoms with van der Waals surface area (Å²) in [5.41, 5.74) is 3.34. The van der Waals surface area contributed by atoms with Crippen molar-refractivity contribution >= 4 is 17.7 Å². The molecule has 2 aromatic rings. The van der Waals surface area contributed by atoms with Gasteiger partial charge in [0, 0.05) is 31.7 Å². The van der Waals surface area contributed by atoms with Crippen molar-refractivity contribution in [1.29, 1.82) is 0 Å². The number of halogens is 1. The van der Waals surface area contributed by atoms with Crippen LogP contribution in [0.5, 0.6) is 0 Å². The highest BCUT2D eigenvalue weighted by molar-refractivity contribution is 5.90. The molecule has 4 nitrogen and oxygen atoms in total. The summed E-state index contributed by atoms with van der Waals surface area (Å²) in [6, 6.07) is 18.4. The van der Waals surface area contributed by atoms with E-state index in [-0.39, 0.29) is 18.3 Å². The molecule has 0 saturated carbocycles. The number of amides is 1. The Morgan fingerprint density at radius 1 is 1.07 bits per heavy atom. The average molecular weight is 400 g/mol. The summed E-state index contributed by atoms with van der Waals surface area (Å²) in [4.78, 5) is 16.1. The lowest BCUT2D eigenvalue weighted by molar-refractivity contribution is -0.898. The smallest absolute Gasteiger partial charge is 0.225 e. The Morgan fingerprint density at radius 3 is 2.43 bits per heavy atom. The molecule has 3 rings (SSSR count). The molecule has 28 heavy (non-hydrogen) atoms. The number of nitrogens with one attached hydrogen (secondary N) is 2. The highest BCUT2D eigenvalue weighted by Gasteiger charge is 2.19. The zero-order valence-corrected chi connectivity index (χ0v) is 17.3. The van der Waals surface area contributed by atoms with E-state index in [1.54, 1.807) is 4.90 Å².